The van der Waals surface area contributed by atoms with Gasteiger partial charge < -0.3 is 48.7 Å². The summed E-state index contributed by atoms with van der Waals surface area (Å²) in [6, 6.07) is 146. The molecule has 12 heterocycles. The van der Waals surface area contributed by atoms with Crippen molar-refractivity contribution in [2.45, 2.75) is 34.5 Å². The summed E-state index contributed by atoms with van der Waals surface area (Å²) >= 11 is 0. The van der Waals surface area contributed by atoms with Gasteiger partial charge in [-0.05, 0) is 174 Å². The van der Waals surface area contributed by atoms with Gasteiger partial charge in [0.1, 0.15) is 0 Å². The van der Waals surface area contributed by atoms with E-state index in [2.05, 4.69) is 148 Å². The van der Waals surface area contributed by atoms with Gasteiger partial charge in [-0.25, -0.2) is 9.97 Å². The summed E-state index contributed by atoms with van der Waals surface area (Å²) in [6.45, 7) is 1.37. The van der Waals surface area contributed by atoms with E-state index in [4.69, 9.17) is 17.1 Å². The van der Waals surface area contributed by atoms with E-state index >= 15 is 0 Å². The zero-order chi connectivity index (χ0) is 92.0. The Morgan fingerprint density at radius 3 is 0.985 bits per heavy atom. The molecule has 131 heavy (non-hydrogen) atoms. The van der Waals surface area contributed by atoms with Crippen LogP contribution < -0.4 is 0 Å². The van der Waals surface area contributed by atoms with Gasteiger partial charge in [0.15, 0.2) is 0 Å². The summed E-state index contributed by atoms with van der Waals surface area (Å²) in [5, 5.41) is 3.63. The van der Waals surface area contributed by atoms with Crippen LogP contribution in [0.4, 0.5) is 0 Å². The van der Waals surface area contributed by atoms with Gasteiger partial charge in [-0.3, -0.25) is 0 Å². The van der Waals surface area contributed by atoms with Gasteiger partial charge in [0.05, 0.1) is 11.2 Å². The molecule has 0 amide bonds. The molecular weight excluding hydrogens is 2320 g/mol. The van der Waals surface area contributed by atoms with Crippen LogP contribution in [0.15, 0.2) is 428 Å². The van der Waals surface area contributed by atoms with E-state index in [9.17, 15) is 0 Å². The Balaban J connectivity index is 0.000000151. The molecule has 0 aliphatic heterocycles. The molecule has 650 valence electrons. The molecule has 0 saturated carbocycles. The van der Waals surface area contributed by atoms with Crippen molar-refractivity contribution in [2.75, 3.05) is 0 Å². The predicted octanol–water partition coefficient (Wildman–Crippen LogP) is 27.8. The van der Waals surface area contributed by atoms with Gasteiger partial charge in [-0.2, -0.15) is 0 Å². The van der Waals surface area contributed by atoms with Gasteiger partial charge >= 0.3 is 0 Å². The minimum Gasteiger partial charge on any atom is -0.486 e. The number of benzene rings is 10. The fourth-order valence-corrected chi connectivity index (χ4v) is 13.5. The quantitative estimate of drug-likeness (QED) is 0.120. The minimum atomic E-state index is -2.21. The first-order chi connectivity index (χ1) is 65.0. The van der Waals surface area contributed by atoms with E-state index in [0.717, 1.165) is 112 Å². The van der Waals surface area contributed by atoms with E-state index in [1.54, 1.807) is 68.2 Å². The minimum absolute atomic E-state index is 0. The Hall–Kier alpha value is -14.1. The van der Waals surface area contributed by atoms with Crippen molar-refractivity contribution in [1.29, 1.82) is 0 Å². The molecule has 4 radical (unpaired) electrons. The van der Waals surface area contributed by atoms with Crippen molar-refractivity contribution in [3.05, 3.63) is 496 Å². The first-order valence-corrected chi connectivity index (χ1v) is 40.9. The van der Waals surface area contributed by atoms with Crippen LogP contribution in [0, 0.1) is 83.0 Å². The Kier molecular flexibility index (Phi) is 34.3. The second kappa shape index (κ2) is 50.6. The van der Waals surface area contributed by atoms with E-state index in [1.807, 2.05) is 317 Å². The van der Waals surface area contributed by atoms with Gasteiger partial charge in [-0.1, -0.05) is 167 Å². The Labute approximate surface area is 827 Å². The summed E-state index contributed by atoms with van der Waals surface area (Å²) < 4.78 is 56.8. The van der Waals surface area contributed by atoms with Gasteiger partial charge in [0.2, 0.25) is 11.4 Å². The molecule has 0 spiro atoms. The number of furan rings is 2. The topological polar surface area (TPSA) is 155 Å². The predicted molar refractivity (Wildman–Crippen MR) is 513 cm³/mol. The van der Waals surface area contributed by atoms with Crippen LogP contribution in [0.3, 0.4) is 0 Å². The van der Waals surface area contributed by atoms with E-state index in [1.165, 1.54) is 33.9 Å². The molecule has 0 saturated heterocycles. The zero-order valence-electron chi connectivity index (χ0n) is 77.0. The number of rotatable bonds is 10. The Morgan fingerprint density at radius 1 is 0.237 bits per heavy atom. The normalized spacial score (nSPS) is 11.0. The smallest absolute Gasteiger partial charge is 0.216 e. The average molecular weight is 2410 g/mol. The molecular formula is C115H84Ir4N10O2-8. The molecule has 0 bridgehead atoms. The molecule has 12 aromatic heterocycles. The largest absolute Gasteiger partial charge is 0.486 e. The van der Waals surface area contributed by atoms with E-state index in [-0.39, 0.29) is 91.7 Å². The van der Waals surface area contributed by atoms with Crippen LogP contribution in [0.25, 0.3) is 156 Å². The fourth-order valence-electron chi connectivity index (χ4n) is 13.5. The van der Waals surface area contributed by atoms with Crippen LogP contribution >= 0.6 is 0 Å². The molecule has 0 aliphatic rings. The molecule has 0 unspecified atom stereocenters. The Morgan fingerprint density at radius 2 is 0.595 bits per heavy atom. The molecule has 0 aliphatic carbocycles. The third-order valence-electron chi connectivity index (χ3n) is 19.6. The molecule has 22 rings (SSSR count). The van der Waals surface area contributed by atoms with Crippen LogP contribution in [0.2, 0.25) is 0 Å². The molecule has 12 nitrogen and oxygen atoms in total. The van der Waals surface area contributed by atoms with Crippen molar-refractivity contribution < 1.29 is 97.5 Å². The standard InChI is InChI=1S/2C18H13N2O.2C17H12N.C12H10N.3C11H8N.4Ir/c1-11-10-15-13-6-5-7-14(16-8-3-4-9-19-16)17(13)21-18(15)20-12(11)2;1-11-10-12(2)20-18-16(11)14-7-5-6-13(17(14)21-18)15-8-3-4-9-19-15;2*1-3-7-14(8-4-1)16-11-12-18-17(13-16)15-9-5-2-6-10-15;1-10-6-5-9-12(13-10)11-7-3-2-4-8-11;3*1-2-6-10(7-3-1)11-8-4-5-9-12-11;;;;/h3-6,8-10H,1-2H3;3-5,7-10H,1-2H3;2*1-9,11-13H;2-7,9H,1H3;3*1-6,8-9H;;;;/q8*-1;;;;/i1D3;;;;1D3;;;;;;;. The van der Waals surface area contributed by atoms with Gasteiger partial charge in [-0.15, -0.1) is 252 Å². The number of fused-ring (bicyclic) bond motifs is 6. The third-order valence-corrected chi connectivity index (χ3v) is 19.6. The van der Waals surface area contributed by atoms with Gasteiger partial charge in [0, 0.05) is 160 Å². The summed E-state index contributed by atoms with van der Waals surface area (Å²) in [5.74, 6) is 0. The zero-order valence-corrected chi connectivity index (χ0v) is 80.5. The number of pyridine rings is 10. The van der Waals surface area contributed by atoms with Crippen LogP contribution in [0.5, 0.6) is 0 Å². The van der Waals surface area contributed by atoms with Crippen LogP contribution in [-0.2, 0) is 80.4 Å². The maximum absolute atomic E-state index is 7.67. The molecule has 16 heteroatoms. The van der Waals surface area contributed by atoms with E-state index < -0.39 is 13.7 Å². The number of aromatic nitrogens is 10. The van der Waals surface area contributed by atoms with E-state index in [0.29, 0.717) is 33.8 Å². The van der Waals surface area contributed by atoms with Crippen molar-refractivity contribution in [3.63, 3.8) is 0 Å². The Bertz CT molecular complexity index is 6890. The maximum atomic E-state index is 7.67. The molecule has 10 aromatic carbocycles. The molecule has 0 fully saturated rings. The summed E-state index contributed by atoms with van der Waals surface area (Å²) in [4.78, 5) is 43.2. The number of hydrogen-bond acceptors (Lipinski definition) is 12. The molecule has 22 aromatic rings. The van der Waals surface area contributed by atoms with Crippen molar-refractivity contribution in [2.24, 2.45) is 0 Å². The molecule has 0 atom stereocenters. The number of hydrogen-bond donors (Lipinski definition) is 0. The van der Waals surface area contributed by atoms with Gasteiger partial charge in [0.25, 0.3) is 0 Å². The van der Waals surface area contributed by atoms with Crippen molar-refractivity contribution in [3.8, 4) is 112 Å². The van der Waals surface area contributed by atoms with Crippen molar-refractivity contribution in [1.82, 2.24) is 49.8 Å². The SMILES string of the molecule is Cc1cc(C)c2c(n1)oc1c(-c3ccccn3)[c-]ccc12.[2H]C([2H])([2H])c1cc2c(nc1C)oc1c(-c3ccccn3)[c-]ccc12.[2H]C([2H])([2H])c1cccc(-c2[c-]cccc2)n1.[Ir].[Ir].[Ir].[Ir].[c-]1ccccc1-c1cc(-c2ccccc2)ccn1.[c-]1ccccc1-c1cc(-c2ccccc2)ccn1.[c-]1ccccc1-c1ccccn1.[c-]1ccccc1-c1ccccn1.[c-]1ccccc1-c1ccccn1. The maximum Gasteiger partial charge on any atom is 0.216 e. The van der Waals surface area contributed by atoms with Crippen molar-refractivity contribution >= 4 is 44.1 Å². The first-order valence-electron chi connectivity index (χ1n) is 43.9. The first kappa shape index (κ1) is 88.9. The fraction of sp³-hybridized carbons (Fsp3) is 0.0435. The molecule has 0 N–H and O–H groups in total. The summed E-state index contributed by atoms with van der Waals surface area (Å²) in [6.07, 6.45) is 12.5. The number of aryl methyl sites for hydroxylation is 5. The second-order valence-electron chi connectivity index (χ2n) is 28.4. The average Bonchev–Trinajstić information content (AvgIpc) is 1.60. The summed E-state index contributed by atoms with van der Waals surface area (Å²) in [7, 11) is 0. The monoisotopic (exact) mass is 2410 g/mol. The number of nitrogens with zero attached hydrogens (tertiary/aromatic N) is 10. The third kappa shape index (κ3) is 27.0. The summed E-state index contributed by atoms with van der Waals surface area (Å²) in [5.41, 5.74) is 24.9. The van der Waals surface area contributed by atoms with Crippen LogP contribution in [-0.4, -0.2) is 49.8 Å². The second-order valence-corrected chi connectivity index (χ2v) is 28.4. The van der Waals surface area contributed by atoms with Crippen LogP contribution in [0.1, 0.15) is 36.4 Å².